The smallest absolute Gasteiger partial charge is 0.344 e. The van der Waals surface area contributed by atoms with Crippen LogP contribution >= 0.6 is 39.1 Å². The molecule has 29 heavy (non-hydrogen) atoms. The summed E-state index contributed by atoms with van der Waals surface area (Å²) in [5, 5.41) is 0.803. The highest BCUT2D eigenvalue weighted by atomic mass is 79.9. The molecule has 4 rings (SSSR count). The van der Waals surface area contributed by atoms with Gasteiger partial charge in [-0.05, 0) is 64.0 Å². The van der Waals surface area contributed by atoms with Crippen molar-refractivity contribution in [3.8, 4) is 11.5 Å². The molecule has 0 N–H and O–H groups in total. The van der Waals surface area contributed by atoms with E-state index in [1.165, 1.54) is 6.07 Å². The number of benzene rings is 3. The Balaban J connectivity index is 1.57. The lowest BCUT2D eigenvalue weighted by molar-refractivity contribution is 0.0733. The van der Waals surface area contributed by atoms with Crippen LogP contribution in [0.2, 0.25) is 10.0 Å². The number of halogens is 3. The zero-order valence-electron chi connectivity index (χ0n) is 14.6. The minimum absolute atomic E-state index is 0.146. The Morgan fingerprint density at radius 1 is 1.00 bits per heavy atom. The van der Waals surface area contributed by atoms with Crippen molar-refractivity contribution in [3.63, 3.8) is 0 Å². The largest absolute Gasteiger partial charge is 0.452 e. The number of Topliss-reactive ketones (excluding diaryl/α,β-unsaturated/α-hetero) is 1. The third kappa shape index (κ3) is 4.08. The molecular formula is C22H11BrCl2O4. The monoisotopic (exact) mass is 488 g/mol. The first-order chi connectivity index (χ1) is 13.9. The summed E-state index contributed by atoms with van der Waals surface area (Å²) in [6.07, 6.45) is 1.58. The molecule has 0 amide bonds. The van der Waals surface area contributed by atoms with E-state index in [4.69, 9.17) is 32.7 Å². The molecule has 0 aliphatic carbocycles. The molecule has 0 saturated heterocycles. The molecule has 0 spiro atoms. The van der Waals surface area contributed by atoms with Gasteiger partial charge in [-0.2, -0.15) is 0 Å². The van der Waals surface area contributed by atoms with Gasteiger partial charge in [0.15, 0.2) is 5.76 Å². The van der Waals surface area contributed by atoms with Crippen LogP contribution in [0.3, 0.4) is 0 Å². The lowest BCUT2D eigenvalue weighted by Gasteiger charge is -2.07. The Morgan fingerprint density at radius 2 is 1.79 bits per heavy atom. The van der Waals surface area contributed by atoms with Crippen LogP contribution in [0.4, 0.5) is 0 Å². The Morgan fingerprint density at radius 3 is 2.55 bits per heavy atom. The van der Waals surface area contributed by atoms with Crippen LogP contribution in [-0.2, 0) is 0 Å². The third-order valence-electron chi connectivity index (χ3n) is 4.19. The van der Waals surface area contributed by atoms with E-state index in [0.717, 1.165) is 0 Å². The Kier molecular flexibility index (Phi) is 5.46. The average molecular weight is 490 g/mol. The fourth-order valence-corrected chi connectivity index (χ4v) is 3.53. The number of fused-ring (bicyclic) bond motifs is 1. The molecule has 4 nitrogen and oxygen atoms in total. The number of rotatable bonds is 3. The Bertz CT molecular complexity index is 1190. The van der Waals surface area contributed by atoms with Crippen LogP contribution in [0, 0.1) is 0 Å². The van der Waals surface area contributed by atoms with Crippen LogP contribution < -0.4 is 9.47 Å². The summed E-state index contributed by atoms with van der Waals surface area (Å²) in [4.78, 5) is 25.0. The summed E-state index contributed by atoms with van der Waals surface area (Å²) in [6, 6.07) is 16.6. The number of esters is 1. The lowest BCUT2D eigenvalue weighted by atomic mass is 10.1. The first kappa shape index (κ1) is 19.7. The molecule has 3 aromatic rings. The molecule has 0 fully saturated rings. The van der Waals surface area contributed by atoms with E-state index in [1.54, 1.807) is 60.7 Å². The predicted molar refractivity (Wildman–Crippen MR) is 115 cm³/mol. The Hall–Kier alpha value is -2.60. The summed E-state index contributed by atoms with van der Waals surface area (Å²) in [6.45, 7) is 0. The summed E-state index contributed by atoms with van der Waals surface area (Å²) < 4.78 is 11.7. The quantitative estimate of drug-likeness (QED) is 0.236. The predicted octanol–water partition coefficient (Wildman–Crippen LogP) is 6.59. The van der Waals surface area contributed by atoms with Crippen molar-refractivity contribution >= 4 is 57.0 Å². The van der Waals surface area contributed by atoms with Crippen molar-refractivity contribution in [3.05, 3.63) is 97.6 Å². The second kappa shape index (κ2) is 8.03. The van der Waals surface area contributed by atoms with Crippen LogP contribution in [0.15, 0.2) is 70.9 Å². The molecule has 0 saturated carbocycles. The fourth-order valence-electron chi connectivity index (χ4n) is 2.77. The third-order valence-corrected chi connectivity index (χ3v) is 5.62. The number of allylic oxidation sites excluding steroid dienone is 1. The molecule has 3 aromatic carbocycles. The molecule has 0 radical (unpaired) electrons. The van der Waals surface area contributed by atoms with Crippen LogP contribution in [0.1, 0.15) is 26.3 Å². The minimum atomic E-state index is -0.520. The molecule has 0 unspecified atom stereocenters. The summed E-state index contributed by atoms with van der Waals surface area (Å²) in [7, 11) is 0. The Labute approximate surface area is 184 Å². The van der Waals surface area contributed by atoms with Crippen LogP contribution in [0.25, 0.3) is 6.08 Å². The molecule has 0 atom stereocenters. The summed E-state index contributed by atoms with van der Waals surface area (Å²) in [5.41, 5.74) is 1.46. The van der Waals surface area contributed by atoms with Crippen molar-refractivity contribution < 1.29 is 19.1 Å². The van der Waals surface area contributed by atoms with E-state index >= 15 is 0 Å². The van der Waals surface area contributed by atoms with Crippen molar-refractivity contribution in [2.45, 2.75) is 0 Å². The van der Waals surface area contributed by atoms with Crippen molar-refractivity contribution in [2.24, 2.45) is 0 Å². The van der Waals surface area contributed by atoms with Gasteiger partial charge in [-0.15, -0.1) is 0 Å². The van der Waals surface area contributed by atoms with Crippen molar-refractivity contribution in [1.82, 2.24) is 0 Å². The summed E-state index contributed by atoms with van der Waals surface area (Å²) in [5.74, 6) is -0.0532. The van der Waals surface area contributed by atoms with Gasteiger partial charge in [0.05, 0.1) is 21.2 Å². The highest BCUT2D eigenvalue weighted by molar-refractivity contribution is 9.10. The van der Waals surface area contributed by atoms with Gasteiger partial charge in [0, 0.05) is 10.5 Å². The average Bonchev–Trinajstić information content (AvgIpc) is 3.00. The molecule has 1 heterocycles. The maximum atomic E-state index is 12.6. The van der Waals surface area contributed by atoms with E-state index in [0.29, 0.717) is 37.0 Å². The van der Waals surface area contributed by atoms with E-state index in [9.17, 15) is 9.59 Å². The molecule has 1 aliphatic heterocycles. The molecule has 144 valence electrons. The zero-order chi connectivity index (χ0) is 20.5. The molecule has 0 aromatic heterocycles. The van der Waals surface area contributed by atoms with Gasteiger partial charge in [0.1, 0.15) is 11.5 Å². The highest BCUT2D eigenvalue weighted by Gasteiger charge is 2.28. The number of carbonyl (C=O) groups is 2. The van der Waals surface area contributed by atoms with Crippen molar-refractivity contribution in [1.29, 1.82) is 0 Å². The maximum absolute atomic E-state index is 12.6. The lowest BCUT2D eigenvalue weighted by Crippen LogP contribution is -2.09. The van der Waals surface area contributed by atoms with E-state index < -0.39 is 5.97 Å². The second-order valence-electron chi connectivity index (χ2n) is 6.14. The van der Waals surface area contributed by atoms with Gasteiger partial charge >= 0.3 is 5.97 Å². The summed E-state index contributed by atoms with van der Waals surface area (Å²) >= 11 is 15.3. The molecular weight excluding hydrogens is 479 g/mol. The number of ketones is 1. The van der Waals surface area contributed by atoms with Crippen LogP contribution in [0.5, 0.6) is 11.5 Å². The first-order valence-corrected chi connectivity index (χ1v) is 9.97. The van der Waals surface area contributed by atoms with Gasteiger partial charge < -0.3 is 9.47 Å². The normalized spacial score (nSPS) is 13.9. The fraction of sp³-hybridized carbons (Fsp3) is 0. The zero-order valence-corrected chi connectivity index (χ0v) is 17.7. The standard InChI is InChI=1S/C22H11BrCl2O4/c23-16-4-2-1-3-14(16)22(27)28-13-6-7-15-19(11-13)29-20(21(15)26)10-12-5-8-17(24)18(25)9-12/h1-11H/b20-10-. The van der Waals surface area contributed by atoms with Crippen LogP contribution in [-0.4, -0.2) is 11.8 Å². The van der Waals surface area contributed by atoms with Gasteiger partial charge in [-0.1, -0.05) is 41.4 Å². The second-order valence-corrected chi connectivity index (χ2v) is 7.81. The molecule has 1 aliphatic rings. The first-order valence-electron chi connectivity index (χ1n) is 8.42. The van der Waals surface area contributed by atoms with Gasteiger partial charge in [-0.25, -0.2) is 4.79 Å². The van der Waals surface area contributed by atoms with Crippen molar-refractivity contribution in [2.75, 3.05) is 0 Å². The van der Waals surface area contributed by atoms with E-state index in [-0.39, 0.29) is 17.3 Å². The number of hydrogen-bond acceptors (Lipinski definition) is 4. The molecule has 7 heteroatoms. The van der Waals surface area contributed by atoms with Gasteiger partial charge in [-0.3, -0.25) is 4.79 Å². The van der Waals surface area contributed by atoms with Gasteiger partial charge in [0.2, 0.25) is 5.78 Å². The number of carbonyl (C=O) groups excluding carboxylic acids is 2. The van der Waals surface area contributed by atoms with E-state index in [2.05, 4.69) is 15.9 Å². The number of ether oxygens (including phenoxy) is 2. The SMILES string of the molecule is O=C(Oc1ccc2c(c1)O/C(=C\c1ccc(Cl)c(Cl)c1)C2=O)c1ccccc1Br. The number of hydrogen-bond donors (Lipinski definition) is 0. The minimum Gasteiger partial charge on any atom is -0.452 e. The maximum Gasteiger partial charge on any atom is 0.344 e. The molecule has 0 bridgehead atoms. The van der Waals surface area contributed by atoms with E-state index in [1.807, 2.05) is 0 Å². The van der Waals surface area contributed by atoms with Gasteiger partial charge in [0.25, 0.3) is 0 Å². The topological polar surface area (TPSA) is 52.6 Å². The highest BCUT2D eigenvalue weighted by Crippen LogP contribution is 2.35.